The smallest absolute Gasteiger partial charge is 0.165 e. The van der Waals surface area contributed by atoms with Crippen molar-refractivity contribution in [3.8, 4) is 11.5 Å². The molecule has 1 heterocycles. The molecule has 0 amide bonds. The Kier molecular flexibility index (Phi) is 5.95. The summed E-state index contributed by atoms with van der Waals surface area (Å²) in [6.07, 6.45) is 2.61. The lowest BCUT2D eigenvalue weighted by atomic mass is 10.1. The van der Waals surface area contributed by atoms with E-state index in [1.54, 1.807) is 13.2 Å². The molecule has 1 atom stereocenters. The molecule has 1 saturated heterocycles. The molecule has 1 aromatic carbocycles. The minimum absolute atomic E-state index is 0.326. The molecule has 0 spiro atoms. The molecule has 1 N–H and O–H groups in total. The van der Waals surface area contributed by atoms with Gasteiger partial charge in [0.15, 0.2) is 11.5 Å². The van der Waals surface area contributed by atoms with Gasteiger partial charge < -0.3 is 19.5 Å². The molecular formula is C15H22ClNO3. The van der Waals surface area contributed by atoms with Gasteiger partial charge in [-0.1, -0.05) is 11.6 Å². The van der Waals surface area contributed by atoms with Gasteiger partial charge in [0.1, 0.15) is 0 Å². The lowest BCUT2D eigenvalue weighted by Crippen LogP contribution is -2.26. The average molecular weight is 300 g/mol. The molecule has 1 aliphatic rings. The first kappa shape index (κ1) is 15.4. The number of benzene rings is 1. The van der Waals surface area contributed by atoms with Crippen molar-refractivity contribution in [3.05, 3.63) is 22.7 Å². The van der Waals surface area contributed by atoms with Crippen LogP contribution in [0, 0.1) is 0 Å². The Morgan fingerprint density at radius 2 is 2.30 bits per heavy atom. The van der Waals surface area contributed by atoms with Crippen molar-refractivity contribution < 1.29 is 14.2 Å². The standard InChI is InChI=1S/C15H22ClNO3/c1-3-19-15-11(7-12(16)8-14(15)18-2)9-17-10-13-5-4-6-20-13/h7-8,13,17H,3-6,9-10H2,1-2H3/t13-/m0/s1. The van der Waals surface area contributed by atoms with Crippen molar-refractivity contribution in [1.29, 1.82) is 0 Å². The molecule has 1 aromatic rings. The zero-order valence-corrected chi connectivity index (χ0v) is 12.8. The lowest BCUT2D eigenvalue weighted by molar-refractivity contribution is 0.110. The van der Waals surface area contributed by atoms with E-state index in [2.05, 4.69) is 5.32 Å². The van der Waals surface area contributed by atoms with E-state index in [-0.39, 0.29) is 0 Å². The van der Waals surface area contributed by atoms with Crippen molar-refractivity contribution in [2.24, 2.45) is 0 Å². The molecule has 112 valence electrons. The lowest BCUT2D eigenvalue weighted by Gasteiger charge is -2.16. The van der Waals surface area contributed by atoms with Crippen molar-refractivity contribution in [2.45, 2.75) is 32.4 Å². The first-order valence-corrected chi connectivity index (χ1v) is 7.44. The van der Waals surface area contributed by atoms with Crippen molar-refractivity contribution in [3.63, 3.8) is 0 Å². The fourth-order valence-corrected chi connectivity index (χ4v) is 2.62. The summed E-state index contributed by atoms with van der Waals surface area (Å²) in [5.74, 6) is 1.44. The van der Waals surface area contributed by atoms with E-state index in [0.29, 0.717) is 30.0 Å². The van der Waals surface area contributed by atoms with Crippen LogP contribution in [0.3, 0.4) is 0 Å². The zero-order valence-electron chi connectivity index (χ0n) is 12.1. The summed E-state index contributed by atoms with van der Waals surface area (Å²) in [5.41, 5.74) is 1.01. The molecule has 1 aliphatic heterocycles. The third-order valence-corrected chi connectivity index (χ3v) is 3.53. The first-order chi connectivity index (χ1) is 9.74. The van der Waals surface area contributed by atoms with Gasteiger partial charge in [0, 0.05) is 36.3 Å². The summed E-state index contributed by atoms with van der Waals surface area (Å²) < 4.78 is 16.6. The van der Waals surface area contributed by atoms with E-state index in [1.165, 1.54) is 0 Å². The highest BCUT2D eigenvalue weighted by molar-refractivity contribution is 6.30. The van der Waals surface area contributed by atoms with Gasteiger partial charge in [-0.15, -0.1) is 0 Å². The number of rotatable bonds is 7. The Bertz CT molecular complexity index is 433. The van der Waals surface area contributed by atoms with E-state index < -0.39 is 0 Å². The summed E-state index contributed by atoms with van der Waals surface area (Å²) in [6.45, 7) is 4.96. The Morgan fingerprint density at radius 1 is 1.45 bits per heavy atom. The van der Waals surface area contributed by atoms with E-state index in [9.17, 15) is 0 Å². The summed E-state index contributed by atoms with van der Waals surface area (Å²) in [4.78, 5) is 0. The number of nitrogens with one attached hydrogen (secondary N) is 1. The second-order valence-electron chi connectivity index (χ2n) is 4.80. The van der Waals surface area contributed by atoms with Crippen LogP contribution in [0.15, 0.2) is 12.1 Å². The predicted octanol–water partition coefficient (Wildman–Crippen LogP) is 3.02. The van der Waals surface area contributed by atoms with Crippen molar-refractivity contribution >= 4 is 11.6 Å². The molecule has 0 saturated carbocycles. The third-order valence-electron chi connectivity index (χ3n) is 3.32. The highest BCUT2D eigenvalue weighted by Crippen LogP contribution is 2.34. The fourth-order valence-electron chi connectivity index (χ4n) is 2.39. The maximum atomic E-state index is 6.12. The fraction of sp³-hybridized carbons (Fsp3) is 0.600. The van der Waals surface area contributed by atoms with Gasteiger partial charge >= 0.3 is 0 Å². The van der Waals surface area contributed by atoms with Crippen LogP contribution in [0.4, 0.5) is 0 Å². The third kappa shape index (κ3) is 4.01. The second kappa shape index (κ2) is 7.72. The zero-order chi connectivity index (χ0) is 14.4. The Hall–Kier alpha value is -0.970. The van der Waals surface area contributed by atoms with Gasteiger partial charge in [0.2, 0.25) is 0 Å². The predicted molar refractivity (Wildman–Crippen MR) is 79.9 cm³/mol. The van der Waals surface area contributed by atoms with Gasteiger partial charge in [-0.05, 0) is 25.8 Å². The summed E-state index contributed by atoms with van der Waals surface area (Å²) >= 11 is 6.12. The highest BCUT2D eigenvalue weighted by atomic mass is 35.5. The number of methoxy groups -OCH3 is 1. The maximum Gasteiger partial charge on any atom is 0.165 e. The minimum atomic E-state index is 0.326. The number of hydrogen-bond acceptors (Lipinski definition) is 4. The SMILES string of the molecule is CCOc1c(CNC[C@@H]2CCCO2)cc(Cl)cc1OC. The van der Waals surface area contributed by atoms with E-state index in [4.69, 9.17) is 25.8 Å². The molecule has 0 radical (unpaired) electrons. The van der Waals surface area contributed by atoms with Gasteiger partial charge in [-0.25, -0.2) is 0 Å². The Labute approximate surface area is 125 Å². The molecule has 20 heavy (non-hydrogen) atoms. The van der Waals surface area contributed by atoms with Crippen LogP contribution in [-0.4, -0.2) is 33.0 Å². The van der Waals surface area contributed by atoms with E-state index in [1.807, 2.05) is 13.0 Å². The summed E-state index contributed by atoms with van der Waals surface area (Å²) in [7, 11) is 1.62. The normalized spacial score (nSPS) is 18.2. The van der Waals surface area contributed by atoms with Gasteiger partial charge in [-0.2, -0.15) is 0 Å². The largest absolute Gasteiger partial charge is 0.493 e. The van der Waals surface area contributed by atoms with Crippen LogP contribution in [0.5, 0.6) is 11.5 Å². The molecule has 0 aliphatic carbocycles. The molecule has 0 aromatic heterocycles. The molecule has 0 unspecified atom stereocenters. The second-order valence-corrected chi connectivity index (χ2v) is 5.23. The van der Waals surface area contributed by atoms with Gasteiger partial charge in [-0.3, -0.25) is 0 Å². The molecule has 4 nitrogen and oxygen atoms in total. The van der Waals surface area contributed by atoms with Crippen LogP contribution in [0.25, 0.3) is 0 Å². The van der Waals surface area contributed by atoms with Crippen LogP contribution in [0.2, 0.25) is 5.02 Å². The van der Waals surface area contributed by atoms with E-state index >= 15 is 0 Å². The van der Waals surface area contributed by atoms with Gasteiger partial charge in [0.25, 0.3) is 0 Å². The number of halogens is 1. The average Bonchev–Trinajstić information content (AvgIpc) is 2.94. The molecular weight excluding hydrogens is 278 g/mol. The highest BCUT2D eigenvalue weighted by Gasteiger charge is 2.16. The quantitative estimate of drug-likeness (QED) is 0.840. The van der Waals surface area contributed by atoms with Crippen LogP contribution < -0.4 is 14.8 Å². The Morgan fingerprint density at radius 3 is 2.95 bits per heavy atom. The van der Waals surface area contributed by atoms with Crippen LogP contribution in [-0.2, 0) is 11.3 Å². The molecule has 1 fully saturated rings. The number of ether oxygens (including phenoxy) is 3. The molecule has 2 rings (SSSR count). The van der Waals surface area contributed by atoms with Crippen LogP contribution >= 0.6 is 11.6 Å². The van der Waals surface area contributed by atoms with Crippen molar-refractivity contribution in [1.82, 2.24) is 5.32 Å². The maximum absolute atomic E-state index is 6.12. The first-order valence-electron chi connectivity index (χ1n) is 7.06. The molecule has 0 bridgehead atoms. The van der Waals surface area contributed by atoms with Crippen LogP contribution in [0.1, 0.15) is 25.3 Å². The van der Waals surface area contributed by atoms with Gasteiger partial charge in [0.05, 0.1) is 19.8 Å². The Balaban J connectivity index is 2.02. The van der Waals surface area contributed by atoms with Crippen molar-refractivity contribution in [2.75, 3.05) is 26.9 Å². The monoisotopic (exact) mass is 299 g/mol. The molecule has 5 heteroatoms. The van der Waals surface area contributed by atoms with E-state index in [0.717, 1.165) is 37.3 Å². The summed E-state index contributed by atoms with van der Waals surface area (Å²) in [6, 6.07) is 3.69. The topological polar surface area (TPSA) is 39.7 Å². The number of hydrogen-bond donors (Lipinski definition) is 1. The summed E-state index contributed by atoms with van der Waals surface area (Å²) in [5, 5.41) is 4.05. The minimum Gasteiger partial charge on any atom is -0.493 e.